The van der Waals surface area contributed by atoms with E-state index in [-0.39, 0.29) is 6.03 Å². The Morgan fingerprint density at radius 3 is 2.30 bits per heavy atom. The Balaban J connectivity index is 1.73. The molecule has 6 nitrogen and oxygen atoms in total. The minimum absolute atomic E-state index is 0.00708. The molecule has 0 aromatic carbocycles. The number of carboxylic acids is 1. The van der Waals surface area contributed by atoms with Crippen LogP contribution >= 0.6 is 0 Å². The van der Waals surface area contributed by atoms with Crippen LogP contribution in [0.1, 0.15) is 33.1 Å². The molecular formula is C14H25N3O3. The van der Waals surface area contributed by atoms with Crippen molar-refractivity contribution >= 4 is 12.0 Å². The quantitative estimate of drug-likeness (QED) is 0.789. The average molecular weight is 283 g/mol. The van der Waals surface area contributed by atoms with E-state index >= 15 is 0 Å². The van der Waals surface area contributed by atoms with Crippen LogP contribution in [0.4, 0.5) is 4.79 Å². The minimum Gasteiger partial charge on any atom is -0.480 e. The molecule has 1 saturated carbocycles. The van der Waals surface area contributed by atoms with Crippen molar-refractivity contribution in [1.82, 2.24) is 15.1 Å². The Morgan fingerprint density at radius 2 is 1.85 bits per heavy atom. The third-order valence-corrected chi connectivity index (χ3v) is 4.83. The molecule has 114 valence electrons. The number of aliphatic carboxylic acids is 1. The summed E-state index contributed by atoms with van der Waals surface area (Å²) >= 11 is 0. The van der Waals surface area contributed by atoms with Crippen LogP contribution in [0.3, 0.4) is 0 Å². The predicted molar refractivity (Wildman–Crippen MR) is 75.6 cm³/mol. The van der Waals surface area contributed by atoms with Crippen LogP contribution in [0, 0.1) is 5.41 Å². The van der Waals surface area contributed by atoms with E-state index in [1.165, 1.54) is 12.8 Å². The molecule has 2 aliphatic rings. The maximum atomic E-state index is 12.1. The molecule has 0 aromatic heterocycles. The molecule has 2 fully saturated rings. The van der Waals surface area contributed by atoms with Gasteiger partial charge in [-0.2, -0.15) is 0 Å². The Kier molecular flexibility index (Phi) is 4.52. The Morgan fingerprint density at radius 1 is 1.25 bits per heavy atom. The lowest BCUT2D eigenvalue weighted by Crippen LogP contribution is -2.55. The van der Waals surface area contributed by atoms with Crippen LogP contribution in [-0.2, 0) is 4.79 Å². The first-order chi connectivity index (χ1) is 9.47. The molecule has 6 heteroatoms. The van der Waals surface area contributed by atoms with Gasteiger partial charge in [0.25, 0.3) is 0 Å². The highest BCUT2D eigenvalue weighted by Gasteiger charge is 2.41. The molecule has 1 aliphatic carbocycles. The second-order valence-electron chi connectivity index (χ2n) is 6.05. The van der Waals surface area contributed by atoms with Gasteiger partial charge in [0.05, 0.1) is 0 Å². The lowest BCUT2D eigenvalue weighted by atomic mass is 10.0. The van der Waals surface area contributed by atoms with Crippen molar-refractivity contribution in [3.8, 4) is 0 Å². The van der Waals surface area contributed by atoms with Gasteiger partial charge in [0.1, 0.15) is 6.04 Å². The molecular weight excluding hydrogens is 258 g/mol. The summed E-state index contributed by atoms with van der Waals surface area (Å²) < 4.78 is 0. The predicted octanol–water partition coefficient (Wildman–Crippen LogP) is 0.977. The first-order valence-electron chi connectivity index (χ1n) is 7.47. The molecule has 1 aliphatic heterocycles. The highest BCUT2D eigenvalue weighted by Crippen LogP contribution is 2.47. The molecule has 0 aromatic rings. The van der Waals surface area contributed by atoms with Crippen molar-refractivity contribution < 1.29 is 14.7 Å². The van der Waals surface area contributed by atoms with Crippen molar-refractivity contribution in [1.29, 1.82) is 0 Å². The summed E-state index contributed by atoms with van der Waals surface area (Å²) in [6.07, 6.45) is 3.55. The minimum atomic E-state index is -0.804. The molecule has 2 amide bonds. The van der Waals surface area contributed by atoms with E-state index < -0.39 is 12.0 Å². The number of hydrogen-bond acceptors (Lipinski definition) is 3. The summed E-state index contributed by atoms with van der Waals surface area (Å²) in [5.41, 5.74) is 0.356. The van der Waals surface area contributed by atoms with Gasteiger partial charge in [-0.1, -0.05) is 6.92 Å². The summed E-state index contributed by atoms with van der Waals surface area (Å²) in [6, 6.07) is -0.484. The maximum absolute atomic E-state index is 12.1. The zero-order valence-electron chi connectivity index (χ0n) is 12.4. The summed E-state index contributed by atoms with van der Waals surface area (Å²) in [5.74, 6) is -0.804. The zero-order valence-corrected chi connectivity index (χ0v) is 12.4. The Hall–Kier alpha value is -1.30. The lowest BCUT2D eigenvalue weighted by molar-refractivity contribution is -0.143. The van der Waals surface area contributed by atoms with E-state index in [9.17, 15) is 9.59 Å². The number of carbonyl (C=O) groups is 2. The van der Waals surface area contributed by atoms with Gasteiger partial charge >= 0.3 is 12.0 Å². The molecule has 0 spiro atoms. The summed E-state index contributed by atoms with van der Waals surface area (Å²) in [5, 5.41) is 12.0. The SMILES string of the molecule is CCC1(CNC(=O)N2CCN(C(C)C(=O)O)CC2)CC1. The number of rotatable bonds is 5. The number of nitrogens with one attached hydrogen (secondary N) is 1. The second-order valence-corrected chi connectivity index (χ2v) is 6.05. The number of carbonyl (C=O) groups excluding carboxylic acids is 1. The largest absolute Gasteiger partial charge is 0.480 e. The Labute approximate surface area is 120 Å². The first kappa shape index (κ1) is 15.1. The van der Waals surface area contributed by atoms with Gasteiger partial charge in [-0.15, -0.1) is 0 Å². The monoisotopic (exact) mass is 283 g/mol. The molecule has 1 saturated heterocycles. The van der Waals surface area contributed by atoms with E-state index in [1.807, 2.05) is 4.90 Å². The van der Waals surface area contributed by atoms with Gasteiger partial charge in [0.2, 0.25) is 0 Å². The van der Waals surface area contributed by atoms with E-state index in [0.717, 1.165) is 13.0 Å². The molecule has 0 radical (unpaired) electrons. The van der Waals surface area contributed by atoms with Gasteiger partial charge in [-0.05, 0) is 31.6 Å². The number of carboxylic acid groups (broad SMARTS) is 1. The molecule has 2 N–H and O–H groups in total. The van der Waals surface area contributed by atoms with Crippen LogP contribution < -0.4 is 5.32 Å². The van der Waals surface area contributed by atoms with Crippen LogP contribution in [0.15, 0.2) is 0 Å². The summed E-state index contributed by atoms with van der Waals surface area (Å²) in [6.45, 7) is 7.08. The molecule has 1 unspecified atom stereocenters. The second kappa shape index (κ2) is 5.99. The van der Waals surface area contributed by atoms with Crippen molar-refractivity contribution in [2.75, 3.05) is 32.7 Å². The number of nitrogens with zero attached hydrogens (tertiary/aromatic N) is 2. The molecule has 2 rings (SSSR count). The van der Waals surface area contributed by atoms with Crippen LogP contribution in [0.2, 0.25) is 0 Å². The zero-order chi connectivity index (χ0) is 14.8. The number of piperazine rings is 1. The smallest absolute Gasteiger partial charge is 0.320 e. The van der Waals surface area contributed by atoms with Crippen molar-refractivity contribution in [2.45, 2.75) is 39.2 Å². The third-order valence-electron chi connectivity index (χ3n) is 4.83. The normalized spacial score (nSPS) is 23.2. The van der Waals surface area contributed by atoms with E-state index in [0.29, 0.717) is 31.6 Å². The van der Waals surface area contributed by atoms with E-state index in [2.05, 4.69) is 12.2 Å². The number of urea groups is 1. The highest BCUT2D eigenvalue weighted by atomic mass is 16.4. The molecule has 1 atom stereocenters. The third kappa shape index (κ3) is 3.42. The number of amides is 2. The average Bonchev–Trinajstić information content (AvgIpc) is 3.24. The van der Waals surface area contributed by atoms with Gasteiger partial charge in [0.15, 0.2) is 0 Å². The summed E-state index contributed by atoms with van der Waals surface area (Å²) in [4.78, 5) is 26.7. The van der Waals surface area contributed by atoms with E-state index in [4.69, 9.17) is 5.11 Å². The fourth-order valence-corrected chi connectivity index (χ4v) is 2.68. The number of hydrogen-bond donors (Lipinski definition) is 2. The van der Waals surface area contributed by atoms with Gasteiger partial charge < -0.3 is 15.3 Å². The fourth-order valence-electron chi connectivity index (χ4n) is 2.68. The van der Waals surface area contributed by atoms with Gasteiger partial charge in [0, 0.05) is 32.7 Å². The standard InChI is InChI=1S/C14H25N3O3/c1-3-14(4-5-14)10-15-13(20)17-8-6-16(7-9-17)11(2)12(18)19/h11H,3-10H2,1-2H3,(H,15,20)(H,18,19). The van der Waals surface area contributed by atoms with Crippen molar-refractivity contribution in [2.24, 2.45) is 5.41 Å². The van der Waals surface area contributed by atoms with E-state index in [1.54, 1.807) is 11.8 Å². The molecule has 1 heterocycles. The van der Waals surface area contributed by atoms with Crippen molar-refractivity contribution in [3.05, 3.63) is 0 Å². The van der Waals surface area contributed by atoms with Crippen LogP contribution in [0.5, 0.6) is 0 Å². The van der Waals surface area contributed by atoms with Crippen LogP contribution in [0.25, 0.3) is 0 Å². The highest BCUT2D eigenvalue weighted by molar-refractivity contribution is 5.75. The molecule has 20 heavy (non-hydrogen) atoms. The first-order valence-corrected chi connectivity index (χ1v) is 7.47. The maximum Gasteiger partial charge on any atom is 0.320 e. The molecule has 0 bridgehead atoms. The Bertz CT molecular complexity index is 374. The topological polar surface area (TPSA) is 72.9 Å². The van der Waals surface area contributed by atoms with Gasteiger partial charge in [-0.3, -0.25) is 9.69 Å². The van der Waals surface area contributed by atoms with Gasteiger partial charge in [-0.25, -0.2) is 4.79 Å². The lowest BCUT2D eigenvalue weighted by Gasteiger charge is -2.36. The fraction of sp³-hybridized carbons (Fsp3) is 0.857. The van der Waals surface area contributed by atoms with Crippen molar-refractivity contribution in [3.63, 3.8) is 0 Å². The summed E-state index contributed by atoms with van der Waals surface area (Å²) in [7, 11) is 0. The van der Waals surface area contributed by atoms with Crippen LogP contribution in [-0.4, -0.2) is 65.7 Å².